The summed E-state index contributed by atoms with van der Waals surface area (Å²) in [6.07, 6.45) is 3.79. The molecule has 1 aromatic rings. The predicted molar refractivity (Wildman–Crippen MR) is 69.0 cm³/mol. The second-order valence-electron chi connectivity index (χ2n) is 3.50. The molecule has 1 heterocycles. The molecule has 1 aliphatic heterocycles. The van der Waals surface area contributed by atoms with Crippen molar-refractivity contribution >= 4 is 17.4 Å². The SMILES string of the molecule is C(=C\N1CCSCC1)/N=Nc1ccccc1. The van der Waals surface area contributed by atoms with E-state index in [0.29, 0.717) is 0 Å². The van der Waals surface area contributed by atoms with Gasteiger partial charge in [-0.3, -0.25) is 0 Å². The van der Waals surface area contributed by atoms with Crippen LogP contribution in [0.5, 0.6) is 0 Å². The molecule has 2 rings (SSSR count). The van der Waals surface area contributed by atoms with Gasteiger partial charge in [-0.25, -0.2) is 0 Å². The van der Waals surface area contributed by atoms with Crippen LogP contribution < -0.4 is 0 Å². The maximum absolute atomic E-state index is 4.10. The van der Waals surface area contributed by atoms with Crippen LogP contribution >= 0.6 is 11.8 Å². The zero-order valence-corrected chi connectivity index (χ0v) is 9.94. The van der Waals surface area contributed by atoms with Gasteiger partial charge in [0.15, 0.2) is 0 Å². The monoisotopic (exact) mass is 233 g/mol. The van der Waals surface area contributed by atoms with Crippen LogP contribution in [0.25, 0.3) is 0 Å². The minimum absolute atomic E-state index is 0.890. The third-order valence-electron chi connectivity index (χ3n) is 2.32. The molecule has 0 bridgehead atoms. The van der Waals surface area contributed by atoms with E-state index in [4.69, 9.17) is 0 Å². The van der Waals surface area contributed by atoms with Gasteiger partial charge in [0.1, 0.15) is 0 Å². The molecule has 0 atom stereocenters. The van der Waals surface area contributed by atoms with Gasteiger partial charge in [0.25, 0.3) is 0 Å². The highest BCUT2D eigenvalue weighted by atomic mass is 32.2. The van der Waals surface area contributed by atoms with Crippen LogP contribution in [0.15, 0.2) is 53.0 Å². The van der Waals surface area contributed by atoms with E-state index in [0.717, 1.165) is 18.8 Å². The summed E-state index contributed by atoms with van der Waals surface area (Å²) in [6, 6.07) is 9.77. The van der Waals surface area contributed by atoms with Gasteiger partial charge in [0, 0.05) is 30.8 Å². The van der Waals surface area contributed by atoms with Gasteiger partial charge in [-0.1, -0.05) is 18.2 Å². The zero-order chi connectivity index (χ0) is 11.1. The maximum Gasteiger partial charge on any atom is 0.0856 e. The maximum atomic E-state index is 4.10. The predicted octanol–water partition coefficient (Wildman–Crippen LogP) is 3.29. The average Bonchev–Trinajstić information content (AvgIpc) is 2.37. The fourth-order valence-electron chi connectivity index (χ4n) is 1.45. The first kappa shape index (κ1) is 11.2. The van der Waals surface area contributed by atoms with Gasteiger partial charge in [-0.2, -0.15) is 22.0 Å². The minimum Gasteiger partial charge on any atom is -0.374 e. The van der Waals surface area contributed by atoms with Gasteiger partial charge >= 0.3 is 0 Å². The second-order valence-corrected chi connectivity index (χ2v) is 4.72. The molecule has 0 N–H and O–H groups in total. The molecule has 4 heteroatoms. The number of hydrogen-bond acceptors (Lipinski definition) is 4. The molecular weight excluding hydrogens is 218 g/mol. The van der Waals surface area contributed by atoms with E-state index in [2.05, 4.69) is 15.1 Å². The lowest BCUT2D eigenvalue weighted by atomic mass is 10.3. The molecule has 0 spiro atoms. The third-order valence-corrected chi connectivity index (χ3v) is 3.26. The first-order valence-corrected chi connectivity index (χ1v) is 6.55. The van der Waals surface area contributed by atoms with Gasteiger partial charge < -0.3 is 4.90 Å². The van der Waals surface area contributed by atoms with Crippen molar-refractivity contribution in [2.24, 2.45) is 10.2 Å². The number of azo groups is 1. The second kappa shape index (κ2) is 6.33. The first-order chi connectivity index (χ1) is 7.95. The highest BCUT2D eigenvalue weighted by molar-refractivity contribution is 7.99. The topological polar surface area (TPSA) is 28.0 Å². The Labute approximate surface area is 100 Å². The van der Waals surface area contributed by atoms with Crippen LogP contribution in [-0.2, 0) is 0 Å². The lowest BCUT2D eigenvalue weighted by Crippen LogP contribution is -2.27. The molecule has 1 aliphatic rings. The molecule has 3 nitrogen and oxygen atoms in total. The molecule has 84 valence electrons. The lowest BCUT2D eigenvalue weighted by Gasteiger charge is -2.23. The largest absolute Gasteiger partial charge is 0.374 e. The summed E-state index contributed by atoms with van der Waals surface area (Å²) in [5.74, 6) is 2.42. The highest BCUT2D eigenvalue weighted by Gasteiger charge is 2.04. The Morgan fingerprint density at radius 1 is 1.12 bits per heavy atom. The van der Waals surface area contributed by atoms with E-state index in [9.17, 15) is 0 Å². The number of rotatable bonds is 3. The molecule has 1 fully saturated rings. The molecule has 1 saturated heterocycles. The van der Waals surface area contributed by atoms with E-state index >= 15 is 0 Å². The van der Waals surface area contributed by atoms with Crippen LogP contribution in [0, 0.1) is 0 Å². The minimum atomic E-state index is 0.890. The Bertz CT molecular complexity index is 356. The highest BCUT2D eigenvalue weighted by Crippen LogP contribution is 2.11. The van der Waals surface area contributed by atoms with E-state index < -0.39 is 0 Å². The van der Waals surface area contributed by atoms with E-state index in [-0.39, 0.29) is 0 Å². The summed E-state index contributed by atoms with van der Waals surface area (Å²) in [5, 5.41) is 8.13. The van der Waals surface area contributed by atoms with Crippen molar-refractivity contribution in [2.75, 3.05) is 24.6 Å². The van der Waals surface area contributed by atoms with E-state index in [1.807, 2.05) is 48.3 Å². The number of nitrogens with zero attached hydrogens (tertiary/aromatic N) is 3. The summed E-state index contributed by atoms with van der Waals surface area (Å²) in [5.41, 5.74) is 0.890. The van der Waals surface area contributed by atoms with E-state index in [1.165, 1.54) is 11.5 Å². The lowest BCUT2D eigenvalue weighted by molar-refractivity contribution is 0.416. The van der Waals surface area contributed by atoms with Gasteiger partial charge in [0.2, 0.25) is 0 Å². The molecule has 0 amide bonds. The zero-order valence-electron chi connectivity index (χ0n) is 9.12. The van der Waals surface area contributed by atoms with Gasteiger partial charge in [0.05, 0.1) is 11.9 Å². The fourth-order valence-corrected chi connectivity index (χ4v) is 2.38. The van der Waals surface area contributed by atoms with Crippen molar-refractivity contribution in [3.05, 3.63) is 42.7 Å². The van der Waals surface area contributed by atoms with E-state index in [1.54, 1.807) is 6.20 Å². The van der Waals surface area contributed by atoms with Crippen LogP contribution in [-0.4, -0.2) is 29.5 Å². The Morgan fingerprint density at radius 3 is 2.62 bits per heavy atom. The summed E-state index contributed by atoms with van der Waals surface area (Å²) < 4.78 is 0. The van der Waals surface area contributed by atoms with Gasteiger partial charge in [-0.05, 0) is 12.1 Å². The Morgan fingerprint density at radius 2 is 1.88 bits per heavy atom. The summed E-state index contributed by atoms with van der Waals surface area (Å²) in [4.78, 5) is 2.28. The Balaban J connectivity index is 1.82. The van der Waals surface area contributed by atoms with Gasteiger partial charge in [-0.15, -0.1) is 0 Å². The summed E-state index contributed by atoms with van der Waals surface area (Å²) >= 11 is 2.01. The number of benzene rings is 1. The van der Waals surface area contributed by atoms with Crippen molar-refractivity contribution in [1.29, 1.82) is 0 Å². The average molecular weight is 233 g/mol. The normalized spacial score (nSPS) is 17.4. The Hall–Kier alpha value is -1.29. The number of thioether (sulfide) groups is 1. The standard InChI is InChI=1S/C12H15N3S/c1-2-4-12(5-3-1)14-13-6-7-15-8-10-16-11-9-15/h1-7H,8-11H2/b7-6+,14-13?. The van der Waals surface area contributed by atoms with Crippen LogP contribution in [0.2, 0.25) is 0 Å². The summed E-state index contributed by atoms with van der Waals surface area (Å²) in [6.45, 7) is 2.23. The van der Waals surface area contributed by atoms with Crippen LogP contribution in [0.3, 0.4) is 0 Å². The fraction of sp³-hybridized carbons (Fsp3) is 0.333. The molecule has 1 aromatic carbocycles. The van der Waals surface area contributed by atoms with Crippen molar-refractivity contribution in [3.8, 4) is 0 Å². The van der Waals surface area contributed by atoms with Crippen LogP contribution in [0.4, 0.5) is 5.69 Å². The molecule has 0 aromatic heterocycles. The first-order valence-electron chi connectivity index (χ1n) is 5.39. The van der Waals surface area contributed by atoms with Crippen molar-refractivity contribution in [3.63, 3.8) is 0 Å². The molecule has 0 unspecified atom stereocenters. The molecular formula is C12H15N3S. The molecule has 0 saturated carbocycles. The smallest absolute Gasteiger partial charge is 0.0856 e. The molecule has 0 aliphatic carbocycles. The molecule has 16 heavy (non-hydrogen) atoms. The van der Waals surface area contributed by atoms with Crippen LogP contribution in [0.1, 0.15) is 0 Å². The third kappa shape index (κ3) is 3.70. The summed E-state index contributed by atoms with van der Waals surface area (Å²) in [7, 11) is 0. The Kier molecular flexibility index (Phi) is 4.43. The quantitative estimate of drug-likeness (QED) is 0.749. The molecule has 0 radical (unpaired) electrons. The van der Waals surface area contributed by atoms with Crippen molar-refractivity contribution < 1.29 is 0 Å². The van der Waals surface area contributed by atoms with Crippen molar-refractivity contribution in [1.82, 2.24) is 4.90 Å². The van der Waals surface area contributed by atoms with Crippen molar-refractivity contribution in [2.45, 2.75) is 0 Å². The number of hydrogen-bond donors (Lipinski definition) is 0.